The van der Waals surface area contributed by atoms with Gasteiger partial charge in [0, 0.05) is 38.2 Å². The van der Waals surface area contributed by atoms with Gasteiger partial charge in [0.2, 0.25) is 0 Å². The van der Waals surface area contributed by atoms with Gasteiger partial charge < -0.3 is 15.0 Å². The second kappa shape index (κ2) is 6.30. The SMILES string of the molecule is COc1ccc(Nc2nc(-c3c[nH]c4ccc(Br)cc34)cs2)cc1. The molecular weight excluding hydrogens is 386 g/mol. The summed E-state index contributed by atoms with van der Waals surface area (Å²) in [6.45, 7) is 0. The number of rotatable bonds is 4. The summed E-state index contributed by atoms with van der Waals surface area (Å²) in [6, 6.07) is 14.0. The Balaban J connectivity index is 1.62. The quantitative estimate of drug-likeness (QED) is 0.455. The monoisotopic (exact) mass is 399 g/mol. The first-order chi connectivity index (χ1) is 11.7. The van der Waals surface area contributed by atoms with E-state index in [1.165, 1.54) is 0 Å². The largest absolute Gasteiger partial charge is 0.497 e. The number of halogens is 1. The number of benzene rings is 2. The van der Waals surface area contributed by atoms with Gasteiger partial charge in [-0.25, -0.2) is 4.98 Å². The lowest BCUT2D eigenvalue weighted by Gasteiger charge is -2.03. The van der Waals surface area contributed by atoms with Crippen LogP contribution in [0.25, 0.3) is 22.2 Å². The van der Waals surface area contributed by atoms with Crippen molar-refractivity contribution in [2.75, 3.05) is 12.4 Å². The maximum absolute atomic E-state index is 5.17. The summed E-state index contributed by atoms with van der Waals surface area (Å²) in [5.74, 6) is 0.838. The van der Waals surface area contributed by atoms with Crippen molar-refractivity contribution in [1.29, 1.82) is 0 Å². The van der Waals surface area contributed by atoms with Gasteiger partial charge in [-0.2, -0.15) is 0 Å². The molecule has 0 atom stereocenters. The highest BCUT2D eigenvalue weighted by Gasteiger charge is 2.10. The summed E-state index contributed by atoms with van der Waals surface area (Å²) >= 11 is 5.12. The minimum Gasteiger partial charge on any atom is -0.497 e. The number of hydrogen-bond donors (Lipinski definition) is 2. The third-order valence-electron chi connectivity index (χ3n) is 3.77. The van der Waals surface area contributed by atoms with Crippen LogP contribution < -0.4 is 10.1 Å². The minimum atomic E-state index is 0.838. The first kappa shape index (κ1) is 15.2. The highest BCUT2D eigenvalue weighted by molar-refractivity contribution is 9.10. The number of nitrogens with one attached hydrogen (secondary N) is 2. The number of thiazole rings is 1. The molecular formula is C18H14BrN3OS. The molecule has 0 radical (unpaired) electrons. The third kappa shape index (κ3) is 2.90. The van der Waals surface area contributed by atoms with Crippen molar-refractivity contribution < 1.29 is 4.74 Å². The van der Waals surface area contributed by atoms with Crippen molar-refractivity contribution in [3.63, 3.8) is 0 Å². The van der Waals surface area contributed by atoms with E-state index in [0.29, 0.717) is 0 Å². The highest BCUT2D eigenvalue weighted by Crippen LogP contribution is 2.33. The number of H-pyrrole nitrogens is 1. The predicted molar refractivity (Wildman–Crippen MR) is 103 cm³/mol. The molecule has 4 aromatic rings. The summed E-state index contributed by atoms with van der Waals surface area (Å²) in [5, 5.41) is 7.41. The van der Waals surface area contributed by atoms with E-state index in [0.717, 1.165) is 43.2 Å². The van der Waals surface area contributed by atoms with Gasteiger partial charge in [-0.3, -0.25) is 0 Å². The Labute approximate surface area is 151 Å². The van der Waals surface area contributed by atoms with Crippen LogP contribution in [-0.2, 0) is 0 Å². The summed E-state index contributed by atoms with van der Waals surface area (Å²) in [7, 11) is 1.66. The number of methoxy groups -OCH3 is 1. The van der Waals surface area contributed by atoms with Crippen LogP contribution in [-0.4, -0.2) is 17.1 Å². The molecule has 0 amide bonds. The van der Waals surface area contributed by atoms with E-state index in [2.05, 4.69) is 43.7 Å². The van der Waals surface area contributed by atoms with E-state index in [4.69, 9.17) is 9.72 Å². The van der Waals surface area contributed by atoms with Crippen molar-refractivity contribution in [3.8, 4) is 17.0 Å². The Bertz CT molecular complexity index is 991. The number of ether oxygens (including phenoxy) is 1. The standard InChI is InChI=1S/C18H14BrN3OS/c1-23-13-5-3-12(4-6-13)21-18-22-17(10-24-18)15-9-20-16-7-2-11(19)8-14(15)16/h2-10,20H,1H3,(H,21,22). The first-order valence-corrected chi connectivity index (χ1v) is 9.04. The average molecular weight is 400 g/mol. The molecule has 4 nitrogen and oxygen atoms in total. The molecule has 0 saturated carbocycles. The zero-order valence-electron chi connectivity index (χ0n) is 12.8. The molecule has 0 saturated heterocycles. The number of hydrogen-bond acceptors (Lipinski definition) is 4. The van der Waals surface area contributed by atoms with Crippen molar-refractivity contribution in [2.45, 2.75) is 0 Å². The fourth-order valence-corrected chi connectivity index (χ4v) is 3.65. The molecule has 6 heteroatoms. The Morgan fingerprint density at radius 2 is 2.00 bits per heavy atom. The Kier molecular flexibility index (Phi) is 4.00. The molecule has 0 aliphatic heterocycles. The molecule has 2 aromatic carbocycles. The van der Waals surface area contributed by atoms with E-state index in [-0.39, 0.29) is 0 Å². The third-order valence-corrected chi connectivity index (χ3v) is 5.02. The van der Waals surface area contributed by atoms with E-state index >= 15 is 0 Å². The molecule has 0 spiro atoms. The molecule has 0 aliphatic carbocycles. The van der Waals surface area contributed by atoms with Crippen molar-refractivity contribution in [3.05, 3.63) is 58.5 Å². The van der Waals surface area contributed by atoms with E-state index in [9.17, 15) is 0 Å². The second-order valence-corrected chi connectivity index (χ2v) is 7.06. The predicted octanol–water partition coefficient (Wildman–Crippen LogP) is 5.81. The maximum Gasteiger partial charge on any atom is 0.187 e. The molecule has 0 aliphatic rings. The normalized spacial score (nSPS) is 10.9. The summed E-state index contributed by atoms with van der Waals surface area (Å²) in [4.78, 5) is 8.01. The lowest BCUT2D eigenvalue weighted by Crippen LogP contribution is -1.90. The molecule has 0 unspecified atom stereocenters. The van der Waals surface area contributed by atoms with Gasteiger partial charge in [-0.15, -0.1) is 11.3 Å². The number of fused-ring (bicyclic) bond motifs is 1. The molecule has 0 bridgehead atoms. The molecule has 120 valence electrons. The molecule has 0 fully saturated rings. The van der Waals surface area contributed by atoms with Crippen LogP contribution in [0.15, 0.2) is 58.5 Å². The van der Waals surface area contributed by atoms with E-state index in [1.807, 2.05) is 36.5 Å². The molecule has 24 heavy (non-hydrogen) atoms. The smallest absolute Gasteiger partial charge is 0.187 e. The fraction of sp³-hybridized carbons (Fsp3) is 0.0556. The Morgan fingerprint density at radius 1 is 1.17 bits per heavy atom. The van der Waals surface area contributed by atoms with E-state index < -0.39 is 0 Å². The van der Waals surface area contributed by atoms with Gasteiger partial charge >= 0.3 is 0 Å². The van der Waals surface area contributed by atoms with Crippen LogP contribution in [0.2, 0.25) is 0 Å². The number of aromatic amines is 1. The second-order valence-electron chi connectivity index (χ2n) is 5.28. The van der Waals surface area contributed by atoms with Crippen LogP contribution in [0.4, 0.5) is 10.8 Å². The molecule has 4 rings (SSSR count). The first-order valence-electron chi connectivity index (χ1n) is 7.36. The molecule has 2 aromatic heterocycles. The average Bonchev–Trinajstić information content (AvgIpc) is 3.22. The number of nitrogens with zero attached hydrogens (tertiary/aromatic N) is 1. The fourth-order valence-electron chi connectivity index (χ4n) is 2.56. The van der Waals surface area contributed by atoms with Crippen LogP contribution in [0.1, 0.15) is 0 Å². The molecule has 2 heterocycles. The van der Waals surface area contributed by atoms with Crippen molar-refractivity contribution >= 4 is 49.0 Å². The van der Waals surface area contributed by atoms with Crippen molar-refractivity contribution in [1.82, 2.24) is 9.97 Å². The summed E-state index contributed by atoms with van der Waals surface area (Å²) in [6.07, 6.45) is 2.00. The number of anilines is 2. The maximum atomic E-state index is 5.17. The highest BCUT2D eigenvalue weighted by atomic mass is 79.9. The number of aromatic nitrogens is 2. The Morgan fingerprint density at radius 3 is 2.79 bits per heavy atom. The van der Waals surface area contributed by atoms with Gasteiger partial charge in [-0.1, -0.05) is 15.9 Å². The van der Waals surface area contributed by atoms with Gasteiger partial charge in [0.25, 0.3) is 0 Å². The van der Waals surface area contributed by atoms with E-state index in [1.54, 1.807) is 18.4 Å². The van der Waals surface area contributed by atoms with Gasteiger partial charge in [0.15, 0.2) is 5.13 Å². The van der Waals surface area contributed by atoms with Crippen LogP contribution >= 0.6 is 27.3 Å². The minimum absolute atomic E-state index is 0.838. The molecule has 2 N–H and O–H groups in total. The van der Waals surface area contributed by atoms with Gasteiger partial charge in [0.1, 0.15) is 5.75 Å². The summed E-state index contributed by atoms with van der Waals surface area (Å²) in [5.41, 5.74) is 4.15. The lowest BCUT2D eigenvalue weighted by molar-refractivity contribution is 0.415. The van der Waals surface area contributed by atoms with Crippen LogP contribution in [0.3, 0.4) is 0 Å². The zero-order valence-corrected chi connectivity index (χ0v) is 15.2. The zero-order chi connectivity index (χ0) is 16.5. The summed E-state index contributed by atoms with van der Waals surface area (Å²) < 4.78 is 6.23. The topological polar surface area (TPSA) is 49.9 Å². The Hall–Kier alpha value is -2.31. The van der Waals surface area contributed by atoms with Crippen LogP contribution in [0.5, 0.6) is 5.75 Å². The van der Waals surface area contributed by atoms with Gasteiger partial charge in [0.05, 0.1) is 12.8 Å². The van der Waals surface area contributed by atoms with Gasteiger partial charge in [-0.05, 0) is 42.5 Å². The van der Waals surface area contributed by atoms with Crippen molar-refractivity contribution in [2.24, 2.45) is 0 Å². The lowest BCUT2D eigenvalue weighted by atomic mass is 10.1. The van der Waals surface area contributed by atoms with Crippen LogP contribution in [0, 0.1) is 0 Å².